The molecule has 0 saturated heterocycles. The Bertz CT molecular complexity index is 1100. The molecule has 7 nitrogen and oxygen atoms in total. The van der Waals surface area contributed by atoms with Gasteiger partial charge in [-0.25, -0.2) is 4.98 Å². The fourth-order valence-corrected chi connectivity index (χ4v) is 3.88. The van der Waals surface area contributed by atoms with E-state index in [1.54, 1.807) is 18.4 Å². The number of alkyl halides is 3. The number of thiazole rings is 1. The van der Waals surface area contributed by atoms with E-state index in [4.69, 9.17) is 5.73 Å². The van der Waals surface area contributed by atoms with Crippen molar-refractivity contribution < 1.29 is 27.5 Å². The first kappa shape index (κ1) is 22.3. The number of nitrogens with zero attached hydrogens (tertiary/aromatic N) is 2. The summed E-state index contributed by atoms with van der Waals surface area (Å²) >= 11 is 1.30. The van der Waals surface area contributed by atoms with Gasteiger partial charge in [-0.1, -0.05) is 0 Å². The summed E-state index contributed by atoms with van der Waals surface area (Å²) in [5.41, 5.74) is 8.32. The summed E-state index contributed by atoms with van der Waals surface area (Å²) in [4.78, 5) is 27.5. The molecule has 0 fully saturated rings. The van der Waals surface area contributed by atoms with Crippen LogP contribution in [0.25, 0.3) is 22.0 Å². The Morgan fingerprint density at radius 2 is 1.94 bits per heavy atom. The first-order valence-electron chi connectivity index (χ1n) is 9.11. The van der Waals surface area contributed by atoms with Crippen molar-refractivity contribution in [2.45, 2.75) is 26.8 Å². The number of benzene rings is 1. The second-order valence-electron chi connectivity index (χ2n) is 6.64. The fourth-order valence-electron chi connectivity index (χ4n) is 3.06. The van der Waals surface area contributed by atoms with Gasteiger partial charge >= 0.3 is 6.36 Å². The molecule has 0 atom stereocenters. The van der Waals surface area contributed by atoms with Crippen LogP contribution in [-0.4, -0.2) is 34.3 Å². The molecule has 2 heterocycles. The molecular weight excluding hydrogens is 433 g/mol. The number of nitrogens with one attached hydrogen (secondary N) is 1. The standard InChI is InChI=1S/C20H19F3N4O3S/c1-11-15(18(24)29)9-17(27(11)8-7-25-12(2)28)16-10-31-19(26-16)13-3-5-14(6-4-13)30-20(21,22)23/h3-6,9-10H,7-8H2,1-2H3,(H2,24,29)(H,25,28). The first-order chi connectivity index (χ1) is 14.5. The zero-order chi connectivity index (χ0) is 22.8. The molecule has 0 aliphatic rings. The zero-order valence-corrected chi connectivity index (χ0v) is 17.4. The van der Waals surface area contributed by atoms with Crippen LogP contribution in [0.1, 0.15) is 23.0 Å². The fraction of sp³-hybridized carbons (Fsp3) is 0.250. The molecule has 2 aromatic heterocycles. The van der Waals surface area contributed by atoms with E-state index in [-0.39, 0.29) is 11.7 Å². The number of hydrogen-bond donors (Lipinski definition) is 2. The third-order valence-corrected chi connectivity index (χ3v) is 5.33. The molecule has 0 saturated carbocycles. The van der Waals surface area contributed by atoms with Gasteiger partial charge in [0.25, 0.3) is 5.91 Å². The summed E-state index contributed by atoms with van der Waals surface area (Å²) < 4.78 is 42.7. The van der Waals surface area contributed by atoms with Gasteiger partial charge in [0, 0.05) is 36.7 Å². The molecule has 0 bridgehead atoms. The van der Waals surface area contributed by atoms with Gasteiger partial charge in [0.15, 0.2) is 0 Å². The molecule has 1 aromatic carbocycles. The molecular formula is C20H19F3N4O3S. The minimum absolute atomic E-state index is 0.171. The van der Waals surface area contributed by atoms with Gasteiger partial charge in [-0.15, -0.1) is 24.5 Å². The van der Waals surface area contributed by atoms with E-state index in [0.717, 1.165) is 0 Å². The van der Waals surface area contributed by atoms with Gasteiger partial charge in [0.05, 0.1) is 17.0 Å². The second-order valence-corrected chi connectivity index (χ2v) is 7.50. The van der Waals surface area contributed by atoms with Crippen LogP contribution < -0.4 is 15.8 Å². The molecule has 11 heteroatoms. The van der Waals surface area contributed by atoms with Gasteiger partial charge in [0.2, 0.25) is 5.91 Å². The monoisotopic (exact) mass is 452 g/mol. The van der Waals surface area contributed by atoms with Crippen LogP contribution in [0.3, 0.4) is 0 Å². The van der Waals surface area contributed by atoms with Crippen molar-refractivity contribution in [2.24, 2.45) is 5.73 Å². The number of aromatic nitrogens is 2. The van der Waals surface area contributed by atoms with Gasteiger partial charge in [-0.3, -0.25) is 9.59 Å². The Morgan fingerprint density at radius 3 is 2.52 bits per heavy atom. The lowest BCUT2D eigenvalue weighted by Gasteiger charge is -2.11. The number of ether oxygens (including phenoxy) is 1. The predicted octanol–water partition coefficient (Wildman–Crippen LogP) is 3.72. The topological polar surface area (TPSA) is 99.2 Å². The molecule has 0 aliphatic carbocycles. The van der Waals surface area contributed by atoms with E-state index in [1.807, 2.05) is 4.57 Å². The lowest BCUT2D eigenvalue weighted by atomic mass is 10.2. The Balaban J connectivity index is 1.90. The highest BCUT2D eigenvalue weighted by Crippen LogP contribution is 2.32. The van der Waals surface area contributed by atoms with E-state index in [2.05, 4.69) is 15.0 Å². The zero-order valence-electron chi connectivity index (χ0n) is 16.6. The summed E-state index contributed by atoms with van der Waals surface area (Å²) in [6.07, 6.45) is -4.76. The van der Waals surface area contributed by atoms with Gasteiger partial charge in [-0.2, -0.15) is 0 Å². The highest BCUT2D eigenvalue weighted by Gasteiger charge is 2.31. The molecule has 3 N–H and O–H groups in total. The van der Waals surface area contributed by atoms with E-state index in [9.17, 15) is 22.8 Å². The summed E-state index contributed by atoms with van der Waals surface area (Å²) in [7, 11) is 0. The van der Waals surface area contributed by atoms with E-state index < -0.39 is 12.3 Å². The maximum atomic E-state index is 12.3. The normalized spacial score (nSPS) is 11.4. The molecule has 2 amide bonds. The Labute approximate surface area is 179 Å². The van der Waals surface area contributed by atoms with E-state index in [0.29, 0.717) is 46.3 Å². The predicted molar refractivity (Wildman–Crippen MR) is 110 cm³/mol. The Hall–Kier alpha value is -3.34. The average Bonchev–Trinajstić information content (AvgIpc) is 3.26. The molecule has 0 aliphatic heterocycles. The maximum absolute atomic E-state index is 12.3. The molecule has 3 aromatic rings. The SMILES string of the molecule is CC(=O)NCCn1c(-c2csc(-c3ccc(OC(F)(F)F)cc3)n2)cc(C(N)=O)c1C. The lowest BCUT2D eigenvalue weighted by Crippen LogP contribution is -2.25. The van der Waals surface area contributed by atoms with Crippen molar-refractivity contribution in [3.05, 3.63) is 47.0 Å². The van der Waals surface area contributed by atoms with E-state index in [1.165, 1.54) is 42.5 Å². The summed E-state index contributed by atoms with van der Waals surface area (Å²) in [5, 5.41) is 5.07. The van der Waals surface area contributed by atoms with Crippen LogP contribution in [0.15, 0.2) is 35.7 Å². The molecule has 0 spiro atoms. The number of carbonyl (C=O) groups is 2. The summed E-state index contributed by atoms with van der Waals surface area (Å²) in [6, 6.07) is 7.05. The van der Waals surface area contributed by atoms with Crippen LogP contribution in [0.2, 0.25) is 0 Å². The maximum Gasteiger partial charge on any atom is 0.573 e. The smallest absolute Gasteiger partial charge is 0.406 e. The third kappa shape index (κ3) is 5.43. The molecule has 0 unspecified atom stereocenters. The second kappa shape index (κ2) is 8.80. The number of halogens is 3. The lowest BCUT2D eigenvalue weighted by molar-refractivity contribution is -0.274. The number of rotatable bonds is 7. The highest BCUT2D eigenvalue weighted by molar-refractivity contribution is 7.13. The minimum Gasteiger partial charge on any atom is -0.406 e. The van der Waals surface area contributed by atoms with Crippen molar-refractivity contribution in [1.29, 1.82) is 0 Å². The van der Waals surface area contributed by atoms with Crippen LogP contribution in [0.5, 0.6) is 5.75 Å². The number of carbonyl (C=O) groups excluding carboxylic acids is 2. The molecule has 3 rings (SSSR count). The van der Waals surface area contributed by atoms with Crippen molar-refractivity contribution in [3.8, 4) is 27.7 Å². The minimum atomic E-state index is -4.76. The number of nitrogens with two attached hydrogens (primary N) is 1. The molecule has 164 valence electrons. The highest BCUT2D eigenvalue weighted by atomic mass is 32.1. The molecule has 31 heavy (non-hydrogen) atoms. The van der Waals surface area contributed by atoms with Crippen molar-refractivity contribution in [3.63, 3.8) is 0 Å². The van der Waals surface area contributed by atoms with Crippen molar-refractivity contribution in [2.75, 3.05) is 6.54 Å². The number of hydrogen-bond acceptors (Lipinski definition) is 5. The van der Waals surface area contributed by atoms with E-state index >= 15 is 0 Å². The Morgan fingerprint density at radius 1 is 1.26 bits per heavy atom. The van der Waals surface area contributed by atoms with Gasteiger partial charge < -0.3 is 20.4 Å². The van der Waals surface area contributed by atoms with Crippen molar-refractivity contribution in [1.82, 2.24) is 14.9 Å². The largest absolute Gasteiger partial charge is 0.573 e. The average molecular weight is 452 g/mol. The number of amides is 2. The van der Waals surface area contributed by atoms with Crippen LogP contribution in [-0.2, 0) is 11.3 Å². The van der Waals surface area contributed by atoms with Crippen LogP contribution in [0, 0.1) is 6.92 Å². The number of primary amides is 1. The summed E-state index contributed by atoms with van der Waals surface area (Å²) in [6.45, 7) is 3.93. The van der Waals surface area contributed by atoms with Crippen molar-refractivity contribution >= 4 is 23.2 Å². The molecule has 0 radical (unpaired) electrons. The van der Waals surface area contributed by atoms with Gasteiger partial charge in [-0.05, 0) is 37.3 Å². The van der Waals surface area contributed by atoms with Gasteiger partial charge in [0.1, 0.15) is 10.8 Å². The third-order valence-electron chi connectivity index (χ3n) is 4.44. The quantitative estimate of drug-likeness (QED) is 0.571. The first-order valence-corrected chi connectivity index (χ1v) is 9.99. The van der Waals surface area contributed by atoms with Crippen LogP contribution >= 0.6 is 11.3 Å². The van der Waals surface area contributed by atoms with Crippen LogP contribution in [0.4, 0.5) is 13.2 Å². The summed E-state index contributed by atoms with van der Waals surface area (Å²) in [5.74, 6) is -1.07. The Kier molecular flexibility index (Phi) is 6.34.